The Hall–Kier alpha value is -2.06. The molecule has 0 fully saturated rings. The standard InChI is InChI=1S/C14H14N4O2S2/c1-9-7-11(18-20-9)8-21-14-17-16-13(22-14)15-10-3-5-12(19-2)6-4-10/h3-7H,8H2,1-2H3,(H,15,16). The number of rotatable bonds is 6. The lowest BCUT2D eigenvalue weighted by Gasteiger charge is -2.03. The van der Waals surface area contributed by atoms with Gasteiger partial charge in [0.2, 0.25) is 5.13 Å². The third-order valence-corrected chi connectivity index (χ3v) is 4.77. The molecule has 0 saturated carbocycles. The highest BCUT2D eigenvalue weighted by atomic mass is 32.2. The normalized spacial score (nSPS) is 10.6. The van der Waals surface area contributed by atoms with Gasteiger partial charge in [-0.25, -0.2) is 0 Å². The molecule has 6 nitrogen and oxygen atoms in total. The number of hydrogen-bond donors (Lipinski definition) is 1. The summed E-state index contributed by atoms with van der Waals surface area (Å²) in [6.07, 6.45) is 0. The van der Waals surface area contributed by atoms with Gasteiger partial charge < -0.3 is 14.6 Å². The van der Waals surface area contributed by atoms with Crippen LogP contribution in [0.3, 0.4) is 0 Å². The van der Waals surface area contributed by atoms with E-state index in [-0.39, 0.29) is 0 Å². The van der Waals surface area contributed by atoms with E-state index >= 15 is 0 Å². The summed E-state index contributed by atoms with van der Waals surface area (Å²) in [4.78, 5) is 0. The molecule has 0 saturated heterocycles. The molecule has 3 aromatic rings. The highest BCUT2D eigenvalue weighted by Crippen LogP contribution is 2.30. The van der Waals surface area contributed by atoms with Crippen molar-refractivity contribution in [3.63, 3.8) is 0 Å². The van der Waals surface area contributed by atoms with Gasteiger partial charge in [-0.3, -0.25) is 0 Å². The molecule has 0 radical (unpaired) electrons. The zero-order valence-corrected chi connectivity index (χ0v) is 13.7. The molecular weight excluding hydrogens is 320 g/mol. The van der Waals surface area contributed by atoms with E-state index in [0.29, 0.717) is 5.75 Å². The number of hydrogen-bond acceptors (Lipinski definition) is 8. The van der Waals surface area contributed by atoms with Crippen LogP contribution >= 0.6 is 23.1 Å². The Labute approximate surface area is 135 Å². The highest BCUT2D eigenvalue weighted by molar-refractivity contribution is 8.00. The van der Waals surface area contributed by atoms with E-state index < -0.39 is 0 Å². The van der Waals surface area contributed by atoms with Crippen LogP contribution in [0.1, 0.15) is 11.5 Å². The fraction of sp³-hybridized carbons (Fsp3) is 0.214. The van der Waals surface area contributed by atoms with Gasteiger partial charge in [0.15, 0.2) is 4.34 Å². The Balaban J connectivity index is 1.58. The lowest BCUT2D eigenvalue weighted by molar-refractivity contribution is 0.393. The first-order chi connectivity index (χ1) is 10.7. The van der Waals surface area contributed by atoms with Gasteiger partial charge in [0.05, 0.1) is 12.8 Å². The van der Waals surface area contributed by atoms with Crippen molar-refractivity contribution in [1.29, 1.82) is 0 Å². The van der Waals surface area contributed by atoms with Crippen molar-refractivity contribution < 1.29 is 9.26 Å². The van der Waals surface area contributed by atoms with Crippen molar-refractivity contribution in [2.45, 2.75) is 17.0 Å². The average molecular weight is 334 g/mol. The van der Waals surface area contributed by atoms with Crippen molar-refractivity contribution in [3.8, 4) is 5.75 Å². The van der Waals surface area contributed by atoms with Gasteiger partial charge in [-0.1, -0.05) is 28.3 Å². The van der Waals surface area contributed by atoms with Crippen LogP contribution in [0, 0.1) is 6.92 Å². The fourth-order valence-corrected chi connectivity index (χ4v) is 3.39. The molecule has 0 bridgehead atoms. The number of thioether (sulfide) groups is 1. The van der Waals surface area contributed by atoms with Gasteiger partial charge in [-0.05, 0) is 31.2 Å². The highest BCUT2D eigenvalue weighted by Gasteiger charge is 2.07. The van der Waals surface area contributed by atoms with E-state index in [4.69, 9.17) is 9.26 Å². The van der Waals surface area contributed by atoms with Crippen LogP contribution in [-0.2, 0) is 5.75 Å². The Morgan fingerprint density at radius 3 is 2.77 bits per heavy atom. The number of nitrogens with zero attached hydrogens (tertiary/aromatic N) is 3. The van der Waals surface area contributed by atoms with Crippen molar-refractivity contribution in [3.05, 3.63) is 41.8 Å². The molecule has 1 N–H and O–H groups in total. The van der Waals surface area contributed by atoms with Crippen LogP contribution in [0.5, 0.6) is 5.75 Å². The van der Waals surface area contributed by atoms with Gasteiger partial charge in [0.25, 0.3) is 0 Å². The zero-order chi connectivity index (χ0) is 15.4. The summed E-state index contributed by atoms with van der Waals surface area (Å²) >= 11 is 3.09. The van der Waals surface area contributed by atoms with Crippen LogP contribution in [-0.4, -0.2) is 22.5 Å². The van der Waals surface area contributed by atoms with Crippen LogP contribution < -0.4 is 10.1 Å². The predicted octanol–water partition coefficient (Wildman–Crippen LogP) is 3.88. The predicted molar refractivity (Wildman–Crippen MR) is 87.0 cm³/mol. The minimum absolute atomic E-state index is 0.717. The monoisotopic (exact) mass is 334 g/mol. The molecule has 0 spiro atoms. The summed E-state index contributed by atoms with van der Waals surface area (Å²) in [5.41, 5.74) is 1.85. The fourth-order valence-electron chi connectivity index (χ4n) is 1.74. The lowest BCUT2D eigenvalue weighted by Crippen LogP contribution is -1.89. The van der Waals surface area contributed by atoms with Crippen molar-refractivity contribution in [2.24, 2.45) is 0 Å². The van der Waals surface area contributed by atoms with Gasteiger partial charge in [0, 0.05) is 17.5 Å². The molecule has 0 unspecified atom stereocenters. The van der Waals surface area contributed by atoms with E-state index in [1.54, 1.807) is 18.9 Å². The summed E-state index contributed by atoms with van der Waals surface area (Å²) in [6.45, 7) is 1.88. The summed E-state index contributed by atoms with van der Waals surface area (Å²) in [5.74, 6) is 2.35. The maximum Gasteiger partial charge on any atom is 0.210 e. The van der Waals surface area contributed by atoms with E-state index in [9.17, 15) is 0 Å². The third-order valence-electron chi connectivity index (χ3n) is 2.77. The maximum atomic E-state index is 5.13. The first kappa shape index (κ1) is 14.9. The van der Waals surface area contributed by atoms with Crippen molar-refractivity contribution in [2.75, 3.05) is 12.4 Å². The van der Waals surface area contributed by atoms with Gasteiger partial charge in [-0.2, -0.15) is 0 Å². The Morgan fingerprint density at radius 1 is 1.27 bits per heavy atom. The number of benzene rings is 1. The second-order valence-corrected chi connectivity index (χ2v) is 6.64. The number of aromatic nitrogens is 3. The van der Waals surface area contributed by atoms with E-state index in [1.807, 2.05) is 37.3 Å². The van der Waals surface area contributed by atoms with Gasteiger partial charge >= 0.3 is 0 Å². The lowest BCUT2D eigenvalue weighted by atomic mass is 10.3. The SMILES string of the molecule is COc1ccc(Nc2nnc(SCc3cc(C)on3)s2)cc1. The summed E-state index contributed by atoms with van der Waals surface area (Å²) in [5, 5.41) is 16.2. The molecule has 0 aliphatic carbocycles. The van der Waals surface area contributed by atoms with Crippen LogP contribution in [0.25, 0.3) is 0 Å². The molecule has 0 amide bonds. The number of aryl methyl sites for hydroxylation is 1. The number of methoxy groups -OCH3 is 1. The molecule has 0 aliphatic rings. The molecular formula is C14H14N4O2S2. The molecule has 0 atom stereocenters. The molecule has 1 aromatic carbocycles. The Bertz CT molecular complexity index is 739. The van der Waals surface area contributed by atoms with Gasteiger partial charge in [-0.15, -0.1) is 10.2 Å². The average Bonchev–Trinajstić information content (AvgIpc) is 3.15. The molecule has 3 rings (SSSR count). The molecule has 2 aromatic heterocycles. The van der Waals surface area contributed by atoms with E-state index in [1.165, 1.54) is 11.3 Å². The summed E-state index contributed by atoms with van der Waals surface area (Å²) in [7, 11) is 1.65. The first-order valence-corrected chi connectivity index (χ1v) is 8.33. The van der Waals surface area contributed by atoms with Crippen LogP contribution in [0.15, 0.2) is 39.2 Å². The van der Waals surface area contributed by atoms with Crippen LogP contribution in [0.2, 0.25) is 0 Å². The maximum absolute atomic E-state index is 5.13. The largest absolute Gasteiger partial charge is 0.497 e. The second kappa shape index (κ2) is 6.80. The number of ether oxygens (including phenoxy) is 1. The molecule has 8 heteroatoms. The Kier molecular flexibility index (Phi) is 4.59. The quantitative estimate of drug-likeness (QED) is 0.686. The smallest absolute Gasteiger partial charge is 0.210 e. The summed E-state index contributed by atoms with van der Waals surface area (Å²) < 4.78 is 11.1. The van der Waals surface area contributed by atoms with Crippen molar-refractivity contribution >= 4 is 33.9 Å². The number of nitrogens with one attached hydrogen (secondary N) is 1. The minimum Gasteiger partial charge on any atom is -0.497 e. The Morgan fingerprint density at radius 2 is 2.09 bits per heavy atom. The molecule has 114 valence electrons. The topological polar surface area (TPSA) is 73.1 Å². The minimum atomic E-state index is 0.717. The zero-order valence-electron chi connectivity index (χ0n) is 12.1. The van der Waals surface area contributed by atoms with Crippen molar-refractivity contribution in [1.82, 2.24) is 15.4 Å². The van der Waals surface area contributed by atoms with Crippen LogP contribution in [0.4, 0.5) is 10.8 Å². The number of anilines is 2. The van der Waals surface area contributed by atoms with E-state index in [2.05, 4.69) is 20.7 Å². The first-order valence-electron chi connectivity index (χ1n) is 6.52. The molecule has 2 heterocycles. The third kappa shape index (κ3) is 3.77. The van der Waals surface area contributed by atoms with Gasteiger partial charge in [0.1, 0.15) is 11.5 Å². The summed E-state index contributed by atoms with van der Waals surface area (Å²) in [6, 6.07) is 9.58. The second-order valence-electron chi connectivity index (χ2n) is 4.44. The molecule has 22 heavy (non-hydrogen) atoms. The molecule has 0 aliphatic heterocycles. The van der Waals surface area contributed by atoms with E-state index in [0.717, 1.165) is 32.4 Å².